The van der Waals surface area contributed by atoms with Crippen LogP contribution in [-0.4, -0.2) is 28.8 Å². The zero-order chi connectivity index (χ0) is 20.6. The third-order valence-corrected chi connectivity index (χ3v) is 3.93. The summed E-state index contributed by atoms with van der Waals surface area (Å²) in [5.41, 5.74) is 4.15. The number of nitrogens with one attached hydrogen (secondary N) is 1. The largest absolute Gasteiger partial charge is 0.508 e. The summed E-state index contributed by atoms with van der Waals surface area (Å²) >= 11 is 0. The number of nitrogens with zero attached hydrogens (tertiary/aromatic N) is 2. The van der Waals surface area contributed by atoms with Gasteiger partial charge in [0.05, 0.1) is 16.7 Å². The van der Waals surface area contributed by atoms with Gasteiger partial charge in [0.2, 0.25) is 0 Å². The minimum atomic E-state index is -0.606. The summed E-state index contributed by atoms with van der Waals surface area (Å²) in [6.07, 6.45) is 1.09. The molecule has 8 heteroatoms. The van der Waals surface area contributed by atoms with Crippen LogP contribution in [0.2, 0.25) is 0 Å². The molecule has 0 fully saturated rings. The van der Waals surface area contributed by atoms with Gasteiger partial charge in [0, 0.05) is 6.07 Å². The van der Waals surface area contributed by atoms with E-state index in [9.17, 15) is 20.0 Å². The Balaban J connectivity index is 1.53. The van der Waals surface area contributed by atoms with Crippen LogP contribution in [0.4, 0.5) is 5.69 Å². The van der Waals surface area contributed by atoms with Crippen molar-refractivity contribution in [3.8, 4) is 22.6 Å². The van der Waals surface area contributed by atoms with Gasteiger partial charge in [-0.3, -0.25) is 14.9 Å². The normalized spacial score (nSPS) is 10.6. The summed E-state index contributed by atoms with van der Waals surface area (Å²) in [5.74, 6) is -0.158. The lowest BCUT2D eigenvalue weighted by molar-refractivity contribution is -0.385. The Hall–Kier alpha value is -4.20. The second-order valence-electron chi connectivity index (χ2n) is 5.97. The number of phenolic OH excluding ortho intramolecular Hbond substituents is 1. The number of nitro benzene ring substituents is 1. The molecular weight excluding hydrogens is 374 g/mol. The summed E-state index contributed by atoms with van der Waals surface area (Å²) < 4.78 is 5.41. The van der Waals surface area contributed by atoms with Gasteiger partial charge in [-0.25, -0.2) is 5.43 Å². The fourth-order valence-electron chi connectivity index (χ4n) is 2.54. The standard InChI is InChI=1S/C21H17N3O5/c25-18-8-11-20(24(27)28)17(12-18)13-22-23-21(26)14-29-19-9-6-16(7-10-19)15-4-2-1-3-5-15/h1-13,25H,14H2,(H,23,26)/b22-13+. The molecule has 3 aromatic carbocycles. The number of phenols is 1. The summed E-state index contributed by atoms with van der Waals surface area (Å²) in [7, 11) is 0. The molecule has 0 atom stereocenters. The van der Waals surface area contributed by atoms with E-state index in [1.165, 1.54) is 12.1 Å². The lowest BCUT2D eigenvalue weighted by Gasteiger charge is -2.06. The van der Waals surface area contributed by atoms with Crippen molar-refractivity contribution in [2.24, 2.45) is 5.10 Å². The number of hydrogen-bond acceptors (Lipinski definition) is 6. The van der Waals surface area contributed by atoms with Crippen LogP contribution in [-0.2, 0) is 4.79 Å². The topological polar surface area (TPSA) is 114 Å². The van der Waals surface area contributed by atoms with Crippen molar-refractivity contribution in [1.82, 2.24) is 5.43 Å². The Labute approximate surface area is 166 Å². The first-order valence-corrected chi connectivity index (χ1v) is 8.60. The van der Waals surface area contributed by atoms with Crippen molar-refractivity contribution in [1.29, 1.82) is 0 Å². The molecule has 3 rings (SSSR count). The number of ether oxygens (including phenoxy) is 1. The molecule has 1 amide bonds. The van der Waals surface area contributed by atoms with E-state index in [2.05, 4.69) is 10.5 Å². The van der Waals surface area contributed by atoms with E-state index in [-0.39, 0.29) is 23.6 Å². The third kappa shape index (κ3) is 5.39. The first-order valence-electron chi connectivity index (χ1n) is 8.60. The second-order valence-corrected chi connectivity index (χ2v) is 5.97. The summed E-state index contributed by atoms with van der Waals surface area (Å²) in [6.45, 7) is -0.274. The summed E-state index contributed by atoms with van der Waals surface area (Å²) in [5, 5.41) is 24.1. The van der Waals surface area contributed by atoms with E-state index < -0.39 is 10.8 Å². The van der Waals surface area contributed by atoms with Gasteiger partial charge < -0.3 is 9.84 Å². The third-order valence-electron chi connectivity index (χ3n) is 3.93. The molecule has 0 bridgehead atoms. The molecule has 0 radical (unpaired) electrons. The predicted molar refractivity (Wildman–Crippen MR) is 108 cm³/mol. The Morgan fingerprint density at radius 1 is 1.07 bits per heavy atom. The molecule has 0 aliphatic heterocycles. The van der Waals surface area contributed by atoms with Gasteiger partial charge in [0.15, 0.2) is 6.61 Å². The van der Waals surface area contributed by atoms with Crippen molar-refractivity contribution < 1.29 is 19.6 Å². The fourth-order valence-corrected chi connectivity index (χ4v) is 2.54. The Morgan fingerprint density at radius 2 is 1.76 bits per heavy atom. The average Bonchev–Trinajstić information content (AvgIpc) is 2.73. The minimum Gasteiger partial charge on any atom is -0.508 e. The maximum atomic E-state index is 11.8. The van der Waals surface area contributed by atoms with Gasteiger partial charge in [0.25, 0.3) is 11.6 Å². The molecular formula is C21H17N3O5. The van der Waals surface area contributed by atoms with Crippen molar-refractivity contribution in [2.75, 3.05) is 6.61 Å². The highest BCUT2D eigenvalue weighted by molar-refractivity contribution is 5.87. The van der Waals surface area contributed by atoms with E-state index in [1.807, 2.05) is 42.5 Å². The lowest BCUT2D eigenvalue weighted by Crippen LogP contribution is -2.24. The molecule has 0 aliphatic carbocycles. The Morgan fingerprint density at radius 3 is 2.45 bits per heavy atom. The van der Waals surface area contributed by atoms with Crippen LogP contribution < -0.4 is 10.2 Å². The maximum Gasteiger partial charge on any atom is 0.278 e. The van der Waals surface area contributed by atoms with Crippen LogP contribution in [0.3, 0.4) is 0 Å². The second kappa shape index (κ2) is 9.14. The number of carbonyl (C=O) groups is 1. The van der Waals surface area contributed by atoms with Gasteiger partial charge in [-0.2, -0.15) is 5.10 Å². The maximum absolute atomic E-state index is 11.8. The van der Waals surface area contributed by atoms with Gasteiger partial charge >= 0.3 is 0 Å². The average molecular weight is 391 g/mol. The first-order chi connectivity index (χ1) is 14.0. The molecule has 0 unspecified atom stereocenters. The first kappa shape index (κ1) is 19.6. The van der Waals surface area contributed by atoms with Crippen LogP contribution in [0, 0.1) is 10.1 Å². The Bertz CT molecular complexity index is 1030. The van der Waals surface area contributed by atoms with E-state index in [0.29, 0.717) is 5.75 Å². The molecule has 0 saturated carbocycles. The zero-order valence-corrected chi connectivity index (χ0v) is 15.2. The van der Waals surface area contributed by atoms with E-state index >= 15 is 0 Å². The Kier molecular flexibility index (Phi) is 6.16. The molecule has 29 heavy (non-hydrogen) atoms. The van der Waals surface area contributed by atoms with Crippen LogP contribution in [0.1, 0.15) is 5.56 Å². The molecule has 2 N–H and O–H groups in total. The highest BCUT2D eigenvalue weighted by Gasteiger charge is 2.12. The van der Waals surface area contributed by atoms with E-state index in [0.717, 1.165) is 23.4 Å². The van der Waals surface area contributed by atoms with Gasteiger partial charge in [-0.15, -0.1) is 0 Å². The van der Waals surface area contributed by atoms with E-state index in [1.54, 1.807) is 12.1 Å². The quantitative estimate of drug-likeness (QED) is 0.363. The lowest BCUT2D eigenvalue weighted by atomic mass is 10.1. The zero-order valence-electron chi connectivity index (χ0n) is 15.2. The molecule has 8 nitrogen and oxygen atoms in total. The van der Waals surface area contributed by atoms with Crippen LogP contribution in [0.15, 0.2) is 77.9 Å². The minimum absolute atomic E-state index is 0.0627. The molecule has 0 spiro atoms. The molecule has 3 aromatic rings. The van der Waals surface area contributed by atoms with E-state index in [4.69, 9.17) is 4.74 Å². The van der Waals surface area contributed by atoms with Crippen LogP contribution in [0.25, 0.3) is 11.1 Å². The summed E-state index contributed by atoms with van der Waals surface area (Å²) in [6, 6.07) is 20.7. The number of rotatable bonds is 7. The highest BCUT2D eigenvalue weighted by Crippen LogP contribution is 2.22. The van der Waals surface area contributed by atoms with Crippen molar-refractivity contribution in [3.05, 3.63) is 88.5 Å². The summed E-state index contributed by atoms with van der Waals surface area (Å²) in [4.78, 5) is 22.2. The van der Waals surface area contributed by atoms with Crippen molar-refractivity contribution in [2.45, 2.75) is 0 Å². The number of benzene rings is 3. The number of aromatic hydroxyl groups is 1. The molecule has 0 aromatic heterocycles. The molecule has 146 valence electrons. The van der Waals surface area contributed by atoms with Crippen molar-refractivity contribution in [3.63, 3.8) is 0 Å². The van der Waals surface area contributed by atoms with Gasteiger partial charge in [0.1, 0.15) is 11.5 Å². The highest BCUT2D eigenvalue weighted by atomic mass is 16.6. The predicted octanol–water partition coefficient (Wildman–Crippen LogP) is 3.50. The number of hydrazone groups is 1. The number of amides is 1. The van der Waals surface area contributed by atoms with Gasteiger partial charge in [-0.1, -0.05) is 42.5 Å². The molecule has 0 aliphatic rings. The number of nitro groups is 1. The van der Waals surface area contributed by atoms with Crippen LogP contribution in [0.5, 0.6) is 11.5 Å². The molecule has 0 saturated heterocycles. The smallest absolute Gasteiger partial charge is 0.278 e. The monoisotopic (exact) mass is 391 g/mol. The van der Waals surface area contributed by atoms with Crippen molar-refractivity contribution >= 4 is 17.8 Å². The molecule has 0 heterocycles. The fraction of sp³-hybridized carbons (Fsp3) is 0.0476. The van der Waals surface area contributed by atoms with Gasteiger partial charge in [-0.05, 0) is 35.4 Å². The number of carbonyl (C=O) groups excluding carboxylic acids is 1. The SMILES string of the molecule is O=C(COc1ccc(-c2ccccc2)cc1)N/N=C/c1cc(O)ccc1[N+](=O)[O-]. The van der Waals surface area contributed by atoms with Crippen LogP contribution >= 0.6 is 0 Å². The number of hydrogen-bond donors (Lipinski definition) is 2.